The number of hydrogen-bond donors (Lipinski definition) is 0. The molecule has 0 amide bonds. The van der Waals surface area contributed by atoms with E-state index >= 15 is 0 Å². The van der Waals surface area contributed by atoms with Crippen molar-refractivity contribution in [1.29, 1.82) is 0 Å². The van der Waals surface area contributed by atoms with Gasteiger partial charge in [-0.1, -0.05) is 48.6 Å². The lowest BCUT2D eigenvalue weighted by molar-refractivity contribution is 0.0729. The summed E-state index contributed by atoms with van der Waals surface area (Å²) in [6.45, 7) is 0. The van der Waals surface area contributed by atoms with Crippen LogP contribution in [0.3, 0.4) is 0 Å². The Hall–Kier alpha value is -3.93. The zero-order valence-electron chi connectivity index (χ0n) is 17.9. The van der Waals surface area contributed by atoms with Crippen LogP contribution in [0.15, 0.2) is 60.7 Å². The highest BCUT2D eigenvalue weighted by Crippen LogP contribution is 2.39. The molecule has 3 aromatic carbocycles. The van der Waals surface area contributed by atoms with E-state index in [0.29, 0.717) is 28.7 Å². The molecule has 0 unspecified atom stereocenters. The summed E-state index contributed by atoms with van der Waals surface area (Å²) in [5.41, 5.74) is 2.25. The van der Waals surface area contributed by atoms with Crippen molar-refractivity contribution in [2.24, 2.45) is 0 Å². The summed E-state index contributed by atoms with van der Waals surface area (Å²) in [4.78, 5) is 12.8. The van der Waals surface area contributed by atoms with E-state index in [1.165, 1.54) is 40.6 Å². The van der Waals surface area contributed by atoms with Crippen LogP contribution >= 0.6 is 0 Å². The first-order valence-corrected chi connectivity index (χ1v) is 9.53. The van der Waals surface area contributed by atoms with E-state index in [-0.39, 0.29) is 5.56 Å². The summed E-state index contributed by atoms with van der Waals surface area (Å²) in [5, 5.41) is 0. The molecule has 0 radical (unpaired) electrons. The predicted molar refractivity (Wildman–Crippen MR) is 119 cm³/mol. The molecule has 6 heteroatoms. The minimum absolute atomic E-state index is 0.254. The van der Waals surface area contributed by atoms with Gasteiger partial charge in [0.1, 0.15) is 0 Å². The summed E-state index contributed by atoms with van der Waals surface area (Å²) in [6.07, 6.45) is 3.96. The lowest BCUT2D eigenvalue weighted by Gasteiger charge is -2.14. The Labute approximate surface area is 181 Å². The van der Waals surface area contributed by atoms with E-state index in [9.17, 15) is 4.79 Å². The van der Waals surface area contributed by atoms with Crippen LogP contribution in [0.1, 0.15) is 21.5 Å². The second-order valence-corrected chi connectivity index (χ2v) is 6.46. The van der Waals surface area contributed by atoms with Gasteiger partial charge in [-0.2, -0.15) is 0 Å². The largest absolute Gasteiger partial charge is 0.493 e. The summed E-state index contributed by atoms with van der Waals surface area (Å²) in [7, 11) is 5.99. The fraction of sp³-hybridized carbons (Fsp3) is 0.160. The van der Waals surface area contributed by atoms with E-state index < -0.39 is 5.97 Å². The fourth-order valence-electron chi connectivity index (χ4n) is 2.99. The molecular weight excluding hydrogens is 396 g/mol. The minimum atomic E-state index is -0.579. The van der Waals surface area contributed by atoms with Gasteiger partial charge in [0.25, 0.3) is 0 Å². The standard InChI is InChI=1S/C25H24O6/c1-27-21-14-18(11-10-17-8-6-5-7-9-17)12-13-20(21)31-25(26)19-15-22(28-2)24(30-4)23(16-19)29-3/h5-16H,1-4H3/b11-10+. The molecule has 0 heterocycles. The summed E-state index contributed by atoms with van der Waals surface area (Å²) < 4.78 is 26.9. The summed E-state index contributed by atoms with van der Waals surface area (Å²) in [5.74, 6) is 1.29. The van der Waals surface area contributed by atoms with Gasteiger partial charge in [0, 0.05) is 0 Å². The predicted octanol–water partition coefficient (Wildman–Crippen LogP) is 5.11. The maximum absolute atomic E-state index is 12.8. The lowest BCUT2D eigenvalue weighted by atomic mass is 10.1. The Balaban J connectivity index is 1.84. The first kappa shape index (κ1) is 21.8. The normalized spacial score (nSPS) is 10.6. The number of benzene rings is 3. The smallest absolute Gasteiger partial charge is 0.343 e. The van der Waals surface area contributed by atoms with Gasteiger partial charge in [0.15, 0.2) is 23.0 Å². The first-order chi connectivity index (χ1) is 15.1. The van der Waals surface area contributed by atoms with Crippen molar-refractivity contribution in [2.45, 2.75) is 0 Å². The Morgan fingerprint density at radius 3 is 1.84 bits per heavy atom. The molecular formula is C25H24O6. The Morgan fingerprint density at radius 1 is 0.645 bits per heavy atom. The molecule has 0 aromatic heterocycles. The molecule has 0 bridgehead atoms. The Morgan fingerprint density at radius 2 is 1.26 bits per heavy atom. The van der Waals surface area contributed by atoms with Crippen LogP contribution in [0.4, 0.5) is 0 Å². The average Bonchev–Trinajstić information content (AvgIpc) is 2.82. The van der Waals surface area contributed by atoms with Crippen LogP contribution in [0, 0.1) is 0 Å². The Bertz CT molecular complexity index is 1050. The minimum Gasteiger partial charge on any atom is -0.493 e. The van der Waals surface area contributed by atoms with Gasteiger partial charge in [-0.25, -0.2) is 4.79 Å². The van der Waals surface area contributed by atoms with E-state index in [2.05, 4.69) is 0 Å². The quantitative estimate of drug-likeness (QED) is 0.287. The van der Waals surface area contributed by atoms with Gasteiger partial charge in [0.05, 0.1) is 34.0 Å². The van der Waals surface area contributed by atoms with E-state index in [1.54, 1.807) is 12.1 Å². The maximum Gasteiger partial charge on any atom is 0.343 e. The van der Waals surface area contributed by atoms with Crippen molar-refractivity contribution in [3.63, 3.8) is 0 Å². The Kier molecular flexibility index (Phi) is 7.17. The third kappa shape index (κ3) is 5.17. The molecule has 0 aliphatic rings. The summed E-state index contributed by atoms with van der Waals surface area (Å²) >= 11 is 0. The van der Waals surface area contributed by atoms with Crippen LogP contribution in [-0.2, 0) is 0 Å². The molecule has 6 nitrogen and oxygen atoms in total. The number of carbonyl (C=O) groups is 1. The van der Waals surface area contributed by atoms with Crippen LogP contribution in [0.2, 0.25) is 0 Å². The van der Waals surface area contributed by atoms with Gasteiger partial charge in [0.2, 0.25) is 5.75 Å². The third-order valence-electron chi connectivity index (χ3n) is 4.56. The molecule has 160 valence electrons. The van der Waals surface area contributed by atoms with Gasteiger partial charge in [-0.15, -0.1) is 0 Å². The number of hydrogen-bond acceptors (Lipinski definition) is 6. The van der Waals surface area contributed by atoms with Gasteiger partial charge < -0.3 is 23.7 Å². The monoisotopic (exact) mass is 420 g/mol. The molecule has 31 heavy (non-hydrogen) atoms. The SMILES string of the molecule is COc1cc(/C=C/c2ccccc2)ccc1OC(=O)c1cc(OC)c(OC)c(OC)c1. The van der Waals surface area contributed by atoms with Crippen LogP contribution < -0.4 is 23.7 Å². The van der Waals surface area contributed by atoms with Crippen molar-refractivity contribution in [3.05, 3.63) is 77.4 Å². The van der Waals surface area contributed by atoms with Crippen molar-refractivity contribution in [3.8, 4) is 28.7 Å². The number of methoxy groups -OCH3 is 4. The van der Waals surface area contributed by atoms with Gasteiger partial charge in [-0.3, -0.25) is 0 Å². The molecule has 0 saturated carbocycles. The maximum atomic E-state index is 12.8. The molecule has 3 rings (SSSR count). The molecule has 0 N–H and O–H groups in total. The zero-order valence-corrected chi connectivity index (χ0v) is 17.9. The molecule has 0 fully saturated rings. The topological polar surface area (TPSA) is 63.2 Å². The van der Waals surface area contributed by atoms with Crippen molar-refractivity contribution < 1.29 is 28.5 Å². The first-order valence-electron chi connectivity index (χ1n) is 9.53. The van der Waals surface area contributed by atoms with Crippen molar-refractivity contribution in [1.82, 2.24) is 0 Å². The third-order valence-corrected chi connectivity index (χ3v) is 4.56. The molecule has 0 saturated heterocycles. The van der Waals surface area contributed by atoms with E-state index in [1.807, 2.05) is 48.6 Å². The zero-order chi connectivity index (χ0) is 22.2. The molecule has 0 aliphatic heterocycles. The van der Waals surface area contributed by atoms with E-state index in [0.717, 1.165) is 11.1 Å². The van der Waals surface area contributed by atoms with Gasteiger partial charge >= 0.3 is 5.97 Å². The van der Waals surface area contributed by atoms with Crippen molar-refractivity contribution >= 4 is 18.1 Å². The van der Waals surface area contributed by atoms with Crippen LogP contribution in [0.5, 0.6) is 28.7 Å². The molecule has 0 aliphatic carbocycles. The summed E-state index contributed by atoms with van der Waals surface area (Å²) in [6, 6.07) is 18.4. The molecule has 3 aromatic rings. The van der Waals surface area contributed by atoms with Crippen molar-refractivity contribution in [2.75, 3.05) is 28.4 Å². The highest BCUT2D eigenvalue weighted by atomic mass is 16.6. The van der Waals surface area contributed by atoms with Crippen LogP contribution in [0.25, 0.3) is 12.2 Å². The van der Waals surface area contributed by atoms with E-state index in [4.69, 9.17) is 23.7 Å². The fourth-order valence-corrected chi connectivity index (χ4v) is 2.99. The number of carbonyl (C=O) groups excluding carboxylic acids is 1. The molecule has 0 spiro atoms. The number of esters is 1. The highest BCUT2D eigenvalue weighted by Gasteiger charge is 2.19. The second-order valence-electron chi connectivity index (χ2n) is 6.46. The molecule has 0 atom stereocenters. The number of ether oxygens (including phenoxy) is 5. The second kappa shape index (κ2) is 10.2. The number of rotatable bonds is 8. The highest BCUT2D eigenvalue weighted by molar-refractivity contribution is 5.93. The lowest BCUT2D eigenvalue weighted by Crippen LogP contribution is -2.10. The average molecular weight is 420 g/mol. The van der Waals surface area contributed by atoms with Crippen LogP contribution in [-0.4, -0.2) is 34.4 Å². The van der Waals surface area contributed by atoms with Gasteiger partial charge in [-0.05, 0) is 35.4 Å².